The summed E-state index contributed by atoms with van der Waals surface area (Å²) in [5.74, 6) is 1.39. The van der Waals surface area contributed by atoms with E-state index in [1.165, 1.54) is 0 Å². The molecular formula is C21H28N6O2. The number of hydrogen-bond acceptors (Lipinski definition) is 6. The minimum Gasteiger partial charge on any atom is -0.356 e. The Morgan fingerprint density at radius 1 is 0.966 bits per heavy atom. The number of nitrogens with one attached hydrogen (secondary N) is 1. The van der Waals surface area contributed by atoms with Gasteiger partial charge in [0, 0.05) is 44.8 Å². The van der Waals surface area contributed by atoms with Crippen molar-refractivity contribution in [2.45, 2.75) is 13.8 Å². The van der Waals surface area contributed by atoms with E-state index in [2.05, 4.69) is 39.2 Å². The van der Waals surface area contributed by atoms with Crippen molar-refractivity contribution in [2.75, 3.05) is 55.6 Å². The molecule has 1 fully saturated rings. The molecule has 0 unspecified atom stereocenters. The van der Waals surface area contributed by atoms with Gasteiger partial charge in [-0.15, -0.1) is 10.2 Å². The van der Waals surface area contributed by atoms with Gasteiger partial charge in [0.05, 0.1) is 6.54 Å². The van der Waals surface area contributed by atoms with E-state index in [0.717, 1.165) is 24.7 Å². The fraction of sp³-hybridized carbons (Fsp3) is 0.429. The standard InChI is InChI=1S/C21H28N6O2/c1-3-25(4-2)18-10-11-19(24-23-18)26-12-14-27(15-13-26)20(28)16-22-21(29)17-8-6-5-7-9-17/h5-11H,3-4,12-16H2,1-2H3,(H,22,29). The molecule has 8 heteroatoms. The number of rotatable bonds is 7. The molecule has 1 saturated heterocycles. The number of hydrogen-bond donors (Lipinski definition) is 1. The van der Waals surface area contributed by atoms with Gasteiger partial charge >= 0.3 is 0 Å². The third-order valence-corrected chi connectivity index (χ3v) is 5.12. The zero-order valence-electron chi connectivity index (χ0n) is 17.0. The first-order chi connectivity index (χ1) is 14.1. The Balaban J connectivity index is 1.47. The minimum atomic E-state index is -0.235. The molecule has 2 amide bonds. The first-order valence-electron chi connectivity index (χ1n) is 10.1. The third kappa shape index (κ3) is 5.22. The Morgan fingerprint density at radius 3 is 2.24 bits per heavy atom. The number of benzene rings is 1. The van der Waals surface area contributed by atoms with Crippen LogP contribution in [0.5, 0.6) is 0 Å². The Labute approximate surface area is 171 Å². The van der Waals surface area contributed by atoms with E-state index in [-0.39, 0.29) is 18.4 Å². The predicted octanol–water partition coefficient (Wildman–Crippen LogP) is 1.40. The molecule has 0 spiro atoms. The zero-order chi connectivity index (χ0) is 20.6. The van der Waals surface area contributed by atoms with Crippen LogP contribution < -0.4 is 15.1 Å². The fourth-order valence-corrected chi connectivity index (χ4v) is 3.35. The fourth-order valence-electron chi connectivity index (χ4n) is 3.35. The normalized spacial score (nSPS) is 13.9. The highest BCUT2D eigenvalue weighted by molar-refractivity contribution is 5.96. The van der Waals surface area contributed by atoms with Crippen molar-refractivity contribution in [2.24, 2.45) is 0 Å². The number of anilines is 2. The van der Waals surface area contributed by atoms with E-state index < -0.39 is 0 Å². The average Bonchev–Trinajstić information content (AvgIpc) is 2.79. The lowest BCUT2D eigenvalue weighted by Gasteiger charge is -2.35. The molecule has 0 radical (unpaired) electrons. The molecule has 0 bridgehead atoms. The molecule has 1 N–H and O–H groups in total. The number of aromatic nitrogens is 2. The number of carbonyl (C=O) groups is 2. The summed E-state index contributed by atoms with van der Waals surface area (Å²) in [7, 11) is 0. The third-order valence-electron chi connectivity index (χ3n) is 5.12. The lowest BCUT2D eigenvalue weighted by atomic mass is 10.2. The first-order valence-corrected chi connectivity index (χ1v) is 10.1. The second-order valence-electron chi connectivity index (χ2n) is 6.84. The molecule has 0 saturated carbocycles. The molecule has 29 heavy (non-hydrogen) atoms. The van der Waals surface area contributed by atoms with Crippen LogP contribution in [0.2, 0.25) is 0 Å². The van der Waals surface area contributed by atoms with E-state index in [9.17, 15) is 9.59 Å². The SMILES string of the molecule is CCN(CC)c1ccc(N2CCN(C(=O)CNC(=O)c3ccccc3)CC2)nn1. The van der Waals surface area contributed by atoms with Crippen molar-refractivity contribution in [3.8, 4) is 0 Å². The quantitative estimate of drug-likeness (QED) is 0.762. The van der Waals surface area contributed by atoms with Gasteiger partial charge in [-0.25, -0.2) is 0 Å². The highest BCUT2D eigenvalue weighted by Gasteiger charge is 2.22. The van der Waals surface area contributed by atoms with Crippen LogP contribution in [0.3, 0.4) is 0 Å². The van der Waals surface area contributed by atoms with Gasteiger partial charge in [0.25, 0.3) is 5.91 Å². The highest BCUT2D eigenvalue weighted by Crippen LogP contribution is 2.16. The molecule has 0 atom stereocenters. The average molecular weight is 396 g/mol. The summed E-state index contributed by atoms with van der Waals surface area (Å²) in [6.45, 7) is 8.56. The molecule has 1 aromatic heterocycles. The summed E-state index contributed by atoms with van der Waals surface area (Å²) in [5.41, 5.74) is 0.553. The maximum absolute atomic E-state index is 12.4. The maximum Gasteiger partial charge on any atom is 0.251 e. The molecule has 1 aliphatic heterocycles. The second-order valence-corrected chi connectivity index (χ2v) is 6.84. The van der Waals surface area contributed by atoms with Crippen molar-refractivity contribution in [3.63, 3.8) is 0 Å². The Hall–Kier alpha value is -3.16. The van der Waals surface area contributed by atoms with Crippen LogP contribution in [-0.2, 0) is 4.79 Å². The van der Waals surface area contributed by atoms with E-state index in [1.807, 2.05) is 18.2 Å². The maximum atomic E-state index is 12.4. The van der Waals surface area contributed by atoms with Crippen molar-refractivity contribution in [1.29, 1.82) is 0 Å². The van der Waals surface area contributed by atoms with Crippen molar-refractivity contribution < 1.29 is 9.59 Å². The summed E-state index contributed by atoms with van der Waals surface area (Å²) >= 11 is 0. The molecular weight excluding hydrogens is 368 g/mol. The summed E-state index contributed by atoms with van der Waals surface area (Å²) < 4.78 is 0. The summed E-state index contributed by atoms with van der Waals surface area (Å²) in [6.07, 6.45) is 0. The van der Waals surface area contributed by atoms with Crippen LogP contribution in [0.15, 0.2) is 42.5 Å². The first kappa shape index (κ1) is 20.6. The lowest BCUT2D eigenvalue weighted by molar-refractivity contribution is -0.130. The molecule has 1 aromatic carbocycles. The van der Waals surface area contributed by atoms with Crippen LogP contribution in [-0.4, -0.2) is 72.7 Å². The molecule has 2 heterocycles. The van der Waals surface area contributed by atoms with Crippen LogP contribution >= 0.6 is 0 Å². The van der Waals surface area contributed by atoms with E-state index in [4.69, 9.17) is 0 Å². The van der Waals surface area contributed by atoms with Gasteiger partial charge in [-0.3, -0.25) is 9.59 Å². The predicted molar refractivity (Wildman–Crippen MR) is 113 cm³/mol. The largest absolute Gasteiger partial charge is 0.356 e. The number of carbonyl (C=O) groups excluding carboxylic acids is 2. The van der Waals surface area contributed by atoms with Gasteiger partial charge in [-0.2, -0.15) is 0 Å². The summed E-state index contributed by atoms with van der Waals surface area (Å²) in [5, 5.41) is 11.4. The molecule has 2 aromatic rings. The Morgan fingerprint density at radius 2 is 1.66 bits per heavy atom. The second kappa shape index (κ2) is 9.86. The van der Waals surface area contributed by atoms with Gasteiger partial charge in [0.2, 0.25) is 5.91 Å². The number of nitrogens with zero attached hydrogens (tertiary/aromatic N) is 5. The summed E-state index contributed by atoms with van der Waals surface area (Å²) in [6, 6.07) is 12.9. The van der Waals surface area contributed by atoms with Crippen molar-refractivity contribution in [3.05, 3.63) is 48.0 Å². The zero-order valence-corrected chi connectivity index (χ0v) is 17.0. The van der Waals surface area contributed by atoms with Gasteiger partial charge in [-0.05, 0) is 38.1 Å². The minimum absolute atomic E-state index is 0.00605. The van der Waals surface area contributed by atoms with Crippen LogP contribution in [0.1, 0.15) is 24.2 Å². The van der Waals surface area contributed by atoms with E-state index >= 15 is 0 Å². The highest BCUT2D eigenvalue weighted by atomic mass is 16.2. The van der Waals surface area contributed by atoms with E-state index in [1.54, 1.807) is 29.2 Å². The van der Waals surface area contributed by atoms with Crippen LogP contribution in [0.4, 0.5) is 11.6 Å². The van der Waals surface area contributed by atoms with E-state index in [0.29, 0.717) is 31.7 Å². The van der Waals surface area contributed by atoms with Gasteiger partial charge < -0.3 is 20.0 Å². The molecule has 3 rings (SSSR count). The summed E-state index contributed by atoms with van der Waals surface area (Å²) in [4.78, 5) is 30.6. The van der Waals surface area contributed by atoms with Crippen LogP contribution in [0, 0.1) is 0 Å². The van der Waals surface area contributed by atoms with Crippen molar-refractivity contribution in [1.82, 2.24) is 20.4 Å². The van der Waals surface area contributed by atoms with Gasteiger partial charge in [-0.1, -0.05) is 18.2 Å². The Bertz CT molecular complexity index is 800. The molecule has 154 valence electrons. The Kier molecular flexibility index (Phi) is 6.99. The molecule has 8 nitrogen and oxygen atoms in total. The number of piperazine rings is 1. The van der Waals surface area contributed by atoms with Gasteiger partial charge in [0.15, 0.2) is 11.6 Å². The monoisotopic (exact) mass is 396 g/mol. The smallest absolute Gasteiger partial charge is 0.251 e. The topological polar surface area (TPSA) is 81.7 Å². The number of amides is 2. The lowest BCUT2D eigenvalue weighted by Crippen LogP contribution is -2.51. The van der Waals surface area contributed by atoms with Crippen LogP contribution in [0.25, 0.3) is 0 Å². The molecule has 1 aliphatic rings. The van der Waals surface area contributed by atoms with Gasteiger partial charge in [0.1, 0.15) is 0 Å². The molecule has 0 aliphatic carbocycles. The van der Waals surface area contributed by atoms with Crippen molar-refractivity contribution >= 4 is 23.5 Å².